The summed E-state index contributed by atoms with van der Waals surface area (Å²) in [6, 6.07) is -0.397. The van der Waals surface area contributed by atoms with Crippen LogP contribution in [0.2, 0.25) is 0 Å². The van der Waals surface area contributed by atoms with Gasteiger partial charge in [-0.2, -0.15) is 0 Å². The highest BCUT2D eigenvalue weighted by atomic mass is 16.3. The van der Waals surface area contributed by atoms with Gasteiger partial charge in [0, 0.05) is 6.54 Å². The summed E-state index contributed by atoms with van der Waals surface area (Å²) in [7, 11) is 0. The number of aliphatic hydroxyl groups excluding tert-OH is 1. The van der Waals surface area contributed by atoms with Gasteiger partial charge in [0.1, 0.15) is 0 Å². The summed E-state index contributed by atoms with van der Waals surface area (Å²) in [5.41, 5.74) is 5.77. The van der Waals surface area contributed by atoms with Crippen molar-refractivity contribution in [3.8, 4) is 0 Å². The van der Waals surface area contributed by atoms with Crippen molar-refractivity contribution in [3.63, 3.8) is 0 Å². The Kier molecular flexibility index (Phi) is 5.22. The largest absolute Gasteiger partial charge is 0.393 e. The summed E-state index contributed by atoms with van der Waals surface area (Å²) in [5, 5.41) is 12.2. The third-order valence-corrected chi connectivity index (χ3v) is 3.14. The van der Waals surface area contributed by atoms with Gasteiger partial charge in [0.25, 0.3) is 0 Å². The molecule has 0 aromatic rings. The smallest absolute Gasteiger partial charge is 0.236 e. The van der Waals surface area contributed by atoms with Gasteiger partial charge < -0.3 is 16.2 Å². The Morgan fingerprint density at radius 3 is 2.69 bits per heavy atom. The van der Waals surface area contributed by atoms with Gasteiger partial charge >= 0.3 is 0 Å². The lowest BCUT2D eigenvalue weighted by atomic mass is 10.0. The van der Waals surface area contributed by atoms with Gasteiger partial charge in [-0.05, 0) is 37.5 Å². The lowest BCUT2D eigenvalue weighted by Gasteiger charge is -2.16. The molecule has 0 heterocycles. The number of hydrogen-bond acceptors (Lipinski definition) is 3. The highest BCUT2D eigenvalue weighted by Gasteiger charge is 2.23. The predicted molar refractivity (Wildman–Crippen MR) is 63.8 cm³/mol. The maximum absolute atomic E-state index is 11.6. The van der Waals surface area contributed by atoms with Crippen LogP contribution in [-0.4, -0.2) is 29.7 Å². The summed E-state index contributed by atoms with van der Waals surface area (Å²) in [6.07, 6.45) is 3.21. The average Bonchev–Trinajstić information content (AvgIpc) is 2.59. The minimum atomic E-state index is -0.397. The second-order valence-electron chi connectivity index (χ2n) is 5.31. The van der Waals surface area contributed by atoms with Crippen molar-refractivity contribution < 1.29 is 9.90 Å². The SMILES string of the molecule is CC(C)C[C@H](N)C(=O)NCC1CCC(O)C1. The summed E-state index contributed by atoms with van der Waals surface area (Å²) >= 11 is 0. The van der Waals surface area contributed by atoms with E-state index in [9.17, 15) is 9.90 Å². The number of nitrogens with one attached hydrogen (secondary N) is 1. The van der Waals surface area contributed by atoms with E-state index in [2.05, 4.69) is 19.2 Å². The second-order valence-corrected chi connectivity index (χ2v) is 5.31. The predicted octanol–water partition coefficient (Wildman–Crippen LogP) is 0.637. The molecule has 4 N–H and O–H groups in total. The highest BCUT2D eigenvalue weighted by Crippen LogP contribution is 2.24. The van der Waals surface area contributed by atoms with Crippen molar-refractivity contribution >= 4 is 5.91 Å². The van der Waals surface area contributed by atoms with Crippen molar-refractivity contribution in [3.05, 3.63) is 0 Å². The normalized spacial score (nSPS) is 27.1. The van der Waals surface area contributed by atoms with Gasteiger partial charge in [-0.25, -0.2) is 0 Å². The molecule has 1 fully saturated rings. The molecule has 0 spiro atoms. The Bertz CT molecular complexity index is 231. The molecule has 2 unspecified atom stereocenters. The molecular formula is C12H24N2O2. The fourth-order valence-corrected chi connectivity index (χ4v) is 2.22. The second kappa shape index (κ2) is 6.21. The third-order valence-electron chi connectivity index (χ3n) is 3.14. The van der Waals surface area contributed by atoms with E-state index in [0.717, 1.165) is 25.7 Å². The first-order valence-corrected chi connectivity index (χ1v) is 6.20. The lowest BCUT2D eigenvalue weighted by Crippen LogP contribution is -2.42. The molecule has 4 nitrogen and oxygen atoms in total. The van der Waals surface area contributed by atoms with Crippen LogP contribution in [0.3, 0.4) is 0 Å². The molecule has 1 amide bonds. The van der Waals surface area contributed by atoms with Crippen molar-refractivity contribution in [2.45, 2.75) is 51.7 Å². The van der Waals surface area contributed by atoms with E-state index < -0.39 is 6.04 Å². The summed E-state index contributed by atoms with van der Waals surface area (Å²) in [4.78, 5) is 11.6. The van der Waals surface area contributed by atoms with Gasteiger partial charge in [0.2, 0.25) is 5.91 Å². The van der Waals surface area contributed by atoms with Crippen LogP contribution in [0, 0.1) is 11.8 Å². The molecule has 0 bridgehead atoms. The molecule has 16 heavy (non-hydrogen) atoms. The summed E-state index contributed by atoms with van der Waals surface area (Å²) < 4.78 is 0. The zero-order valence-corrected chi connectivity index (χ0v) is 10.3. The minimum Gasteiger partial charge on any atom is -0.393 e. The summed E-state index contributed by atoms with van der Waals surface area (Å²) in [6.45, 7) is 4.77. The Morgan fingerprint density at radius 2 is 2.19 bits per heavy atom. The maximum atomic E-state index is 11.6. The number of nitrogens with two attached hydrogens (primary N) is 1. The van der Waals surface area contributed by atoms with E-state index in [1.165, 1.54) is 0 Å². The van der Waals surface area contributed by atoms with Crippen molar-refractivity contribution in [2.75, 3.05) is 6.54 Å². The van der Waals surface area contributed by atoms with E-state index >= 15 is 0 Å². The van der Waals surface area contributed by atoms with Crippen molar-refractivity contribution in [1.29, 1.82) is 0 Å². The molecule has 1 aliphatic rings. The van der Waals surface area contributed by atoms with Crippen molar-refractivity contribution in [1.82, 2.24) is 5.32 Å². The van der Waals surface area contributed by atoms with E-state index in [-0.39, 0.29) is 12.0 Å². The molecule has 1 rings (SSSR count). The molecule has 0 aromatic heterocycles. The molecule has 0 aliphatic heterocycles. The maximum Gasteiger partial charge on any atom is 0.236 e. The van der Waals surface area contributed by atoms with Crippen LogP contribution in [0.5, 0.6) is 0 Å². The molecule has 0 radical (unpaired) electrons. The minimum absolute atomic E-state index is 0.0601. The number of carbonyl (C=O) groups excluding carboxylic acids is 1. The Hall–Kier alpha value is -0.610. The highest BCUT2D eigenvalue weighted by molar-refractivity contribution is 5.81. The van der Waals surface area contributed by atoms with E-state index in [4.69, 9.17) is 5.73 Å². The fraction of sp³-hybridized carbons (Fsp3) is 0.917. The number of amides is 1. The molecule has 4 heteroatoms. The van der Waals surface area contributed by atoms with Crippen LogP contribution in [0.25, 0.3) is 0 Å². The van der Waals surface area contributed by atoms with Gasteiger partial charge in [0.15, 0.2) is 0 Å². The first kappa shape index (κ1) is 13.5. The Balaban J connectivity index is 2.19. The van der Waals surface area contributed by atoms with Crippen LogP contribution < -0.4 is 11.1 Å². The van der Waals surface area contributed by atoms with Crippen LogP contribution in [0.15, 0.2) is 0 Å². The molecule has 3 atom stereocenters. The molecule has 1 aliphatic carbocycles. The van der Waals surface area contributed by atoms with Crippen molar-refractivity contribution in [2.24, 2.45) is 17.6 Å². The lowest BCUT2D eigenvalue weighted by molar-refractivity contribution is -0.122. The van der Waals surface area contributed by atoms with Gasteiger partial charge in [0.05, 0.1) is 12.1 Å². The standard InChI is InChI=1S/C12H24N2O2/c1-8(2)5-11(13)12(16)14-7-9-3-4-10(15)6-9/h8-11,15H,3-7,13H2,1-2H3,(H,14,16)/t9?,10?,11-/m0/s1. The van der Waals surface area contributed by atoms with Crippen LogP contribution >= 0.6 is 0 Å². The average molecular weight is 228 g/mol. The number of aliphatic hydroxyl groups is 1. The molecule has 94 valence electrons. The van der Waals surface area contributed by atoms with Gasteiger partial charge in [-0.3, -0.25) is 4.79 Å². The summed E-state index contributed by atoms with van der Waals surface area (Å²) in [5.74, 6) is 0.800. The van der Waals surface area contributed by atoms with E-state index in [1.54, 1.807) is 0 Å². The zero-order chi connectivity index (χ0) is 12.1. The van der Waals surface area contributed by atoms with Gasteiger partial charge in [-0.1, -0.05) is 13.8 Å². The third kappa shape index (κ3) is 4.49. The number of hydrogen-bond donors (Lipinski definition) is 3. The first-order valence-electron chi connectivity index (χ1n) is 6.20. The van der Waals surface area contributed by atoms with Crippen LogP contribution in [-0.2, 0) is 4.79 Å². The van der Waals surface area contributed by atoms with Crippen LogP contribution in [0.4, 0.5) is 0 Å². The Labute approximate surface area is 97.6 Å². The molecule has 1 saturated carbocycles. The number of carbonyl (C=O) groups is 1. The topological polar surface area (TPSA) is 75.4 Å². The zero-order valence-electron chi connectivity index (χ0n) is 10.3. The fourth-order valence-electron chi connectivity index (χ4n) is 2.22. The molecular weight excluding hydrogens is 204 g/mol. The van der Waals surface area contributed by atoms with Crippen LogP contribution in [0.1, 0.15) is 39.5 Å². The monoisotopic (exact) mass is 228 g/mol. The number of rotatable bonds is 5. The van der Waals surface area contributed by atoms with Gasteiger partial charge in [-0.15, -0.1) is 0 Å². The molecule has 0 saturated heterocycles. The van der Waals surface area contributed by atoms with E-state index in [0.29, 0.717) is 18.4 Å². The Morgan fingerprint density at radius 1 is 1.50 bits per heavy atom. The molecule has 0 aromatic carbocycles. The quantitative estimate of drug-likeness (QED) is 0.646. The van der Waals surface area contributed by atoms with E-state index in [1.807, 2.05) is 0 Å². The first-order chi connectivity index (χ1) is 7.49.